The van der Waals surface area contributed by atoms with E-state index in [1.54, 1.807) is 4.90 Å². The largest absolute Gasteiger partial charge is 0.363 e. The fourth-order valence-electron chi connectivity index (χ4n) is 8.27. The number of anilines is 1. The molecule has 4 aliphatic rings. The highest BCUT2D eigenvalue weighted by atomic mass is 16.2. The van der Waals surface area contributed by atoms with E-state index >= 15 is 0 Å². The topological polar surface area (TPSA) is 125 Å². The number of nitrogens with one attached hydrogen (secondary N) is 4. The Morgan fingerprint density at radius 1 is 0.745 bits per heavy atom. The Hall–Kier alpha value is -5.12. The third kappa shape index (κ3) is 4.60. The monoisotopic (exact) mass is 630 g/mol. The molecule has 4 amide bonds. The molecule has 4 aliphatic heterocycles. The Kier molecular flexibility index (Phi) is 6.86. The number of amides is 4. The number of carbonyl (C=O) groups is 4. The van der Waals surface area contributed by atoms with E-state index in [4.69, 9.17) is 0 Å². The summed E-state index contributed by atoms with van der Waals surface area (Å²) in [7, 11) is 0. The lowest BCUT2D eigenvalue weighted by Crippen LogP contribution is -2.64. The molecule has 6 atom stereocenters. The number of aromatic nitrogens is 1. The van der Waals surface area contributed by atoms with Crippen molar-refractivity contribution in [1.29, 1.82) is 0 Å². The van der Waals surface area contributed by atoms with Crippen LogP contribution in [0.4, 0.5) is 5.69 Å². The van der Waals surface area contributed by atoms with E-state index in [-0.39, 0.29) is 29.5 Å². The maximum Gasteiger partial charge on any atom is 0.247 e. The summed E-state index contributed by atoms with van der Waals surface area (Å²) in [5, 5.41) is 13.5. The van der Waals surface area contributed by atoms with Crippen molar-refractivity contribution in [2.75, 3.05) is 5.32 Å². The zero-order valence-electron chi connectivity index (χ0n) is 26.4. The minimum atomic E-state index is -0.797. The molecular formula is C37H38N6O4. The van der Waals surface area contributed by atoms with Gasteiger partial charge in [0.15, 0.2) is 0 Å². The Morgan fingerprint density at radius 3 is 2.23 bits per heavy atom. The molecule has 0 unspecified atom stereocenters. The van der Waals surface area contributed by atoms with Crippen LogP contribution in [0.1, 0.15) is 43.4 Å². The molecule has 240 valence electrons. The van der Waals surface area contributed by atoms with Crippen LogP contribution in [0.5, 0.6) is 0 Å². The molecule has 10 nitrogen and oxygen atoms in total. The van der Waals surface area contributed by atoms with Crippen molar-refractivity contribution in [3.63, 3.8) is 0 Å². The van der Waals surface area contributed by atoms with Gasteiger partial charge in [0.2, 0.25) is 23.6 Å². The smallest absolute Gasteiger partial charge is 0.247 e. The highest BCUT2D eigenvalue weighted by Gasteiger charge is 2.64. The third-order valence-corrected chi connectivity index (χ3v) is 10.3. The van der Waals surface area contributed by atoms with Crippen LogP contribution in [0, 0.1) is 5.92 Å². The van der Waals surface area contributed by atoms with Gasteiger partial charge in [0.1, 0.15) is 35.9 Å². The first-order valence-electron chi connectivity index (χ1n) is 16.5. The van der Waals surface area contributed by atoms with Gasteiger partial charge in [-0.25, -0.2) is 0 Å². The van der Waals surface area contributed by atoms with Crippen LogP contribution in [-0.4, -0.2) is 63.4 Å². The predicted octanol–water partition coefficient (Wildman–Crippen LogP) is 3.05. The van der Waals surface area contributed by atoms with Gasteiger partial charge >= 0.3 is 0 Å². The van der Waals surface area contributed by atoms with Crippen molar-refractivity contribution < 1.29 is 19.2 Å². The fourth-order valence-corrected chi connectivity index (χ4v) is 8.27. The lowest BCUT2D eigenvalue weighted by molar-refractivity contribution is -0.148. The van der Waals surface area contributed by atoms with E-state index in [2.05, 4.69) is 38.1 Å². The summed E-state index contributed by atoms with van der Waals surface area (Å²) >= 11 is 0. The number of hydrogen-bond acceptors (Lipinski definition) is 5. The van der Waals surface area contributed by atoms with E-state index in [1.807, 2.05) is 86.6 Å². The standard InChI is InChI=1S/C37H38N6O4/c1-21(2)16-27-32(44)39-28(33(45)38-27)18-23-20-42(30-15-9-6-12-24(23)30)37-19-31-34(46)40-29(17-22-10-4-3-5-11-22)35(47)43(31)36(37)41-26-14-8-7-13-25(26)37/h3-15,20-21,27-29,31,36,41H,16-19H2,1-2H3,(H,38,45)(H,39,44)(H,40,46)/t27-,28+,29-,31+,36-,37+/m1/s1. The molecule has 0 spiro atoms. The molecule has 3 saturated heterocycles. The lowest BCUT2D eigenvalue weighted by atomic mass is 9.86. The van der Waals surface area contributed by atoms with Gasteiger partial charge in [-0.1, -0.05) is 80.6 Å². The van der Waals surface area contributed by atoms with E-state index in [1.165, 1.54) is 0 Å². The molecule has 0 radical (unpaired) electrons. The summed E-state index contributed by atoms with van der Waals surface area (Å²) in [5.41, 5.74) is 3.95. The van der Waals surface area contributed by atoms with Crippen molar-refractivity contribution in [2.45, 2.75) is 75.4 Å². The second-order valence-electron chi connectivity index (χ2n) is 13.7. The maximum absolute atomic E-state index is 14.3. The van der Waals surface area contributed by atoms with Crippen LogP contribution in [0.15, 0.2) is 85.1 Å². The van der Waals surface area contributed by atoms with Crippen LogP contribution < -0.4 is 21.3 Å². The van der Waals surface area contributed by atoms with E-state index in [0.717, 1.165) is 33.3 Å². The van der Waals surface area contributed by atoms with Crippen molar-refractivity contribution in [3.05, 3.63) is 102 Å². The molecular weight excluding hydrogens is 592 g/mol. The van der Waals surface area contributed by atoms with Crippen LogP contribution in [0.25, 0.3) is 10.9 Å². The molecule has 4 N–H and O–H groups in total. The van der Waals surface area contributed by atoms with Gasteiger partial charge in [0.25, 0.3) is 0 Å². The normalized spacial score (nSPS) is 28.0. The fraction of sp³-hybridized carbons (Fsp3) is 0.351. The highest BCUT2D eigenvalue weighted by Crippen LogP contribution is 2.54. The Labute approximate surface area is 272 Å². The summed E-state index contributed by atoms with van der Waals surface area (Å²) in [5.74, 6) is -0.362. The summed E-state index contributed by atoms with van der Waals surface area (Å²) in [6.07, 6.45) is 3.22. The van der Waals surface area contributed by atoms with Gasteiger partial charge < -0.3 is 30.7 Å². The lowest BCUT2D eigenvalue weighted by Gasteiger charge is -2.39. The molecule has 5 heterocycles. The number of nitrogens with zero attached hydrogens (tertiary/aromatic N) is 2. The first-order valence-corrected chi connectivity index (χ1v) is 16.5. The van der Waals surface area contributed by atoms with Crippen LogP contribution in [0.3, 0.4) is 0 Å². The molecule has 0 saturated carbocycles. The highest BCUT2D eigenvalue weighted by molar-refractivity contribution is 6.00. The van der Waals surface area contributed by atoms with E-state index in [0.29, 0.717) is 25.7 Å². The molecule has 10 heteroatoms. The molecule has 1 aromatic heterocycles. The van der Waals surface area contributed by atoms with Crippen molar-refractivity contribution in [1.82, 2.24) is 25.4 Å². The van der Waals surface area contributed by atoms with E-state index < -0.39 is 35.9 Å². The van der Waals surface area contributed by atoms with Gasteiger partial charge in [-0.2, -0.15) is 0 Å². The minimum Gasteiger partial charge on any atom is -0.363 e. The van der Waals surface area contributed by atoms with Crippen molar-refractivity contribution >= 4 is 40.2 Å². The quantitative estimate of drug-likeness (QED) is 0.250. The summed E-state index contributed by atoms with van der Waals surface area (Å²) in [6.45, 7) is 4.05. The van der Waals surface area contributed by atoms with Gasteiger partial charge in [-0.15, -0.1) is 0 Å². The summed E-state index contributed by atoms with van der Waals surface area (Å²) in [6, 6.07) is 23.2. The Bertz CT molecular complexity index is 1920. The number of carbonyl (C=O) groups excluding carboxylic acids is 4. The molecule has 4 aromatic rings. The molecule has 47 heavy (non-hydrogen) atoms. The first-order chi connectivity index (χ1) is 22.7. The van der Waals surface area contributed by atoms with Gasteiger partial charge in [-0.3, -0.25) is 19.2 Å². The zero-order valence-corrected chi connectivity index (χ0v) is 26.4. The number of piperazine rings is 2. The number of para-hydroxylation sites is 2. The first kappa shape index (κ1) is 29.3. The van der Waals surface area contributed by atoms with Gasteiger partial charge in [-0.05, 0) is 35.6 Å². The van der Waals surface area contributed by atoms with Gasteiger partial charge in [0.05, 0.1) is 0 Å². The van der Waals surface area contributed by atoms with Crippen molar-refractivity contribution in [2.24, 2.45) is 5.92 Å². The molecule has 0 bridgehead atoms. The van der Waals surface area contributed by atoms with Gasteiger partial charge in [0, 0.05) is 47.6 Å². The second kappa shape index (κ2) is 11.0. The van der Waals surface area contributed by atoms with Crippen LogP contribution >= 0.6 is 0 Å². The molecule has 0 aliphatic carbocycles. The third-order valence-electron chi connectivity index (χ3n) is 10.3. The number of rotatable bonds is 7. The number of benzene rings is 3. The molecule has 3 fully saturated rings. The van der Waals surface area contributed by atoms with E-state index in [9.17, 15) is 19.2 Å². The zero-order chi connectivity index (χ0) is 32.4. The summed E-state index contributed by atoms with van der Waals surface area (Å²) < 4.78 is 2.20. The van der Waals surface area contributed by atoms with Crippen LogP contribution in [-0.2, 0) is 37.6 Å². The minimum absolute atomic E-state index is 0.111. The average molecular weight is 631 g/mol. The number of hydrogen-bond donors (Lipinski definition) is 4. The second-order valence-corrected chi connectivity index (χ2v) is 13.7. The van der Waals surface area contributed by atoms with Crippen molar-refractivity contribution in [3.8, 4) is 0 Å². The molecule has 3 aromatic carbocycles. The Balaban J connectivity index is 1.19. The predicted molar refractivity (Wildman–Crippen MR) is 177 cm³/mol. The summed E-state index contributed by atoms with van der Waals surface area (Å²) in [4.78, 5) is 56.1. The SMILES string of the molecule is CC(C)C[C@H]1NC(=O)[C@H](Cc2cn([C@]34C[C@H]5C(=O)N[C@H](Cc6ccccc6)C(=O)N5[C@H]3Nc3ccccc34)c3ccccc23)NC1=O. The number of fused-ring (bicyclic) bond motifs is 6. The Morgan fingerprint density at radius 2 is 1.43 bits per heavy atom. The maximum atomic E-state index is 14.3. The molecule has 8 rings (SSSR count). The van der Waals surface area contributed by atoms with Crippen LogP contribution in [0.2, 0.25) is 0 Å². The average Bonchev–Trinajstić information content (AvgIpc) is 3.70.